The number of hydrogen-bond donors (Lipinski definition) is 2. The van der Waals surface area contributed by atoms with Crippen molar-refractivity contribution in [2.24, 2.45) is 0 Å². The number of nitrogens with two attached hydrogens (primary N) is 1. The van der Waals surface area contributed by atoms with Crippen molar-refractivity contribution in [1.82, 2.24) is 4.90 Å². The van der Waals surface area contributed by atoms with Crippen molar-refractivity contribution in [3.63, 3.8) is 0 Å². The average Bonchev–Trinajstić information content (AvgIpc) is 2.40. The Kier molecular flexibility index (Phi) is 7.36. The molecule has 1 aromatic carbocycles. The lowest BCUT2D eigenvalue weighted by Crippen LogP contribution is -2.25. The first kappa shape index (κ1) is 16.8. The molecule has 0 aliphatic heterocycles. The summed E-state index contributed by atoms with van der Waals surface area (Å²) in [6, 6.07) is 5.02. The van der Waals surface area contributed by atoms with Crippen molar-refractivity contribution >= 4 is 28.9 Å². The quantitative estimate of drug-likeness (QED) is 0.722. The molecule has 1 amide bonds. The van der Waals surface area contributed by atoms with Gasteiger partial charge in [0.15, 0.2) is 0 Å². The maximum Gasteiger partial charge on any atom is 0.224 e. The monoisotopic (exact) mass is 299 g/mol. The van der Waals surface area contributed by atoms with E-state index in [2.05, 4.69) is 10.2 Å². The second-order valence-electron chi connectivity index (χ2n) is 4.68. The number of hydrogen-bond acceptors (Lipinski definition) is 4. The van der Waals surface area contributed by atoms with Crippen LogP contribution in [0.5, 0.6) is 0 Å². The molecule has 1 aromatic rings. The standard InChI is InChI=1S/C14H22ClN3O2/c1-18(8-9-20-2)7-3-4-14(19)17-13-10-11(15)5-6-12(13)16/h5-6,10H,3-4,7-9,16H2,1-2H3,(H,17,19). The van der Waals surface area contributed by atoms with Crippen molar-refractivity contribution in [2.45, 2.75) is 12.8 Å². The van der Waals surface area contributed by atoms with E-state index in [1.165, 1.54) is 0 Å². The van der Waals surface area contributed by atoms with E-state index >= 15 is 0 Å². The van der Waals surface area contributed by atoms with Crippen molar-refractivity contribution < 1.29 is 9.53 Å². The number of anilines is 2. The number of ether oxygens (including phenoxy) is 1. The molecular weight excluding hydrogens is 278 g/mol. The number of nitrogens with zero attached hydrogens (tertiary/aromatic N) is 1. The van der Waals surface area contributed by atoms with Crippen molar-refractivity contribution in [3.8, 4) is 0 Å². The second-order valence-corrected chi connectivity index (χ2v) is 5.12. The van der Waals surface area contributed by atoms with Gasteiger partial charge in [-0.15, -0.1) is 0 Å². The normalized spacial score (nSPS) is 10.8. The Morgan fingerprint density at radius 3 is 2.90 bits per heavy atom. The lowest BCUT2D eigenvalue weighted by molar-refractivity contribution is -0.116. The van der Waals surface area contributed by atoms with E-state index in [1.54, 1.807) is 25.3 Å². The Labute approximate surface area is 125 Å². The van der Waals surface area contributed by atoms with Crippen LogP contribution in [0.3, 0.4) is 0 Å². The summed E-state index contributed by atoms with van der Waals surface area (Å²) in [4.78, 5) is 13.9. The van der Waals surface area contributed by atoms with Crippen LogP contribution in [0.1, 0.15) is 12.8 Å². The highest BCUT2D eigenvalue weighted by Gasteiger charge is 2.06. The van der Waals surface area contributed by atoms with Gasteiger partial charge in [-0.2, -0.15) is 0 Å². The van der Waals surface area contributed by atoms with E-state index in [-0.39, 0.29) is 5.91 Å². The highest BCUT2D eigenvalue weighted by molar-refractivity contribution is 6.31. The fourth-order valence-corrected chi connectivity index (χ4v) is 1.89. The minimum Gasteiger partial charge on any atom is -0.397 e. The summed E-state index contributed by atoms with van der Waals surface area (Å²) < 4.78 is 5.00. The van der Waals surface area contributed by atoms with Crippen LogP contribution < -0.4 is 11.1 Å². The molecule has 6 heteroatoms. The van der Waals surface area contributed by atoms with Crippen LogP contribution in [0.25, 0.3) is 0 Å². The first-order valence-corrected chi connectivity index (χ1v) is 6.93. The zero-order chi connectivity index (χ0) is 15.0. The van der Waals surface area contributed by atoms with Crippen LogP contribution in [0.4, 0.5) is 11.4 Å². The van der Waals surface area contributed by atoms with E-state index in [1.807, 2.05) is 7.05 Å². The number of carbonyl (C=O) groups is 1. The number of nitrogen functional groups attached to an aromatic ring is 1. The van der Waals surface area contributed by atoms with Gasteiger partial charge >= 0.3 is 0 Å². The molecule has 0 bridgehead atoms. The molecule has 5 nitrogen and oxygen atoms in total. The molecule has 20 heavy (non-hydrogen) atoms. The van der Waals surface area contributed by atoms with Crippen LogP contribution in [0.2, 0.25) is 5.02 Å². The van der Waals surface area contributed by atoms with Gasteiger partial charge in [-0.3, -0.25) is 4.79 Å². The largest absolute Gasteiger partial charge is 0.397 e. The summed E-state index contributed by atoms with van der Waals surface area (Å²) in [7, 11) is 3.68. The fourth-order valence-electron chi connectivity index (χ4n) is 1.72. The Hall–Kier alpha value is -1.30. The number of likely N-dealkylation sites (N-methyl/N-ethyl adjacent to an activating group) is 1. The smallest absolute Gasteiger partial charge is 0.224 e. The van der Waals surface area contributed by atoms with Gasteiger partial charge in [-0.1, -0.05) is 11.6 Å². The summed E-state index contributed by atoms with van der Waals surface area (Å²) in [5.41, 5.74) is 6.85. The Morgan fingerprint density at radius 1 is 1.45 bits per heavy atom. The maximum absolute atomic E-state index is 11.8. The molecule has 0 aliphatic rings. The fraction of sp³-hybridized carbons (Fsp3) is 0.500. The van der Waals surface area contributed by atoms with Gasteiger partial charge in [-0.05, 0) is 38.2 Å². The molecule has 0 aromatic heterocycles. The van der Waals surface area contributed by atoms with E-state index in [4.69, 9.17) is 22.1 Å². The predicted octanol–water partition coefficient (Wildman–Crippen LogP) is 2.22. The minimum absolute atomic E-state index is 0.0564. The summed E-state index contributed by atoms with van der Waals surface area (Å²) in [6.45, 7) is 2.41. The van der Waals surface area contributed by atoms with Crippen molar-refractivity contribution in [2.75, 3.05) is 44.9 Å². The van der Waals surface area contributed by atoms with Gasteiger partial charge in [0.2, 0.25) is 5.91 Å². The van der Waals surface area contributed by atoms with E-state index < -0.39 is 0 Å². The highest BCUT2D eigenvalue weighted by Crippen LogP contribution is 2.23. The zero-order valence-electron chi connectivity index (χ0n) is 12.0. The third kappa shape index (κ3) is 6.23. The molecule has 0 spiro atoms. The Balaban J connectivity index is 2.31. The number of amides is 1. The molecule has 0 fully saturated rings. The zero-order valence-corrected chi connectivity index (χ0v) is 12.7. The molecule has 0 heterocycles. The van der Waals surface area contributed by atoms with Crippen LogP contribution in [-0.2, 0) is 9.53 Å². The molecule has 0 atom stereocenters. The molecule has 1 rings (SSSR count). The van der Waals surface area contributed by atoms with Gasteiger partial charge in [-0.25, -0.2) is 0 Å². The Morgan fingerprint density at radius 2 is 2.20 bits per heavy atom. The van der Waals surface area contributed by atoms with Gasteiger partial charge in [0, 0.05) is 25.1 Å². The van der Waals surface area contributed by atoms with Crippen LogP contribution in [-0.4, -0.2) is 44.7 Å². The number of halogens is 1. The highest BCUT2D eigenvalue weighted by atomic mass is 35.5. The van der Waals surface area contributed by atoms with E-state index in [0.29, 0.717) is 29.4 Å². The first-order valence-electron chi connectivity index (χ1n) is 6.55. The number of benzene rings is 1. The summed E-state index contributed by atoms with van der Waals surface area (Å²) in [5, 5.41) is 3.33. The summed E-state index contributed by atoms with van der Waals surface area (Å²) >= 11 is 5.87. The van der Waals surface area contributed by atoms with Crippen molar-refractivity contribution in [1.29, 1.82) is 0 Å². The third-order valence-electron chi connectivity index (χ3n) is 2.91. The van der Waals surface area contributed by atoms with Gasteiger partial charge < -0.3 is 20.7 Å². The first-order chi connectivity index (χ1) is 9.52. The van der Waals surface area contributed by atoms with Crippen LogP contribution >= 0.6 is 11.6 Å². The molecule has 112 valence electrons. The molecule has 3 N–H and O–H groups in total. The van der Waals surface area contributed by atoms with Gasteiger partial charge in [0.1, 0.15) is 0 Å². The lowest BCUT2D eigenvalue weighted by Gasteiger charge is -2.15. The van der Waals surface area contributed by atoms with Gasteiger partial charge in [0.05, 0.1) is 18.0 Å². The molecule has 0 saturated carbocycles. The van der Waals surface area contributed by atoms with Crippen LogP contribution in [0.15, 0.2) is 18.2 Å². The number of methoxy groups -OCH3 is 1. The molecule has 0 unspecified atom stereocenters. The van der Waals surface area contributed by atoms with E-state index in [9.17, 15) is 4.79 Å². The molecule has 0 radical (unpaired) electrons. The number of carbonyl (C=O) groups excluding carboxylic acids is 1. The lowest BCUT2D eigenvalue weighted by atomic mass is 10.2. The average molecular weight is 300 g/mol. The number of nitrogens with one attached hydrogen (secondary N) is 1. The minimum atomic E-state index is -0.0564. The summed E-state index contributed by atoms with van der Waals surface area (Å²) in [6.07, 6.45) is 1.23. The van der Waals surface area contributed by atoms with E-state index in [0.717, 1.165) is 19.5 Å². The summed E-state index contributed by atoms with van der Waals surface area (Å²) in [5.74, 6) is -0.0564. The topological polar surface area (TPSA) is 67.6 Å². The molecule has 0 saturated heterocycles. The van der Waals surface area contributed by atoms with Gasteiger partial charge in [0.25, 0.3) is 0 Å². The Bertz CT molecular complexity index is 440. The van der Waals surface area contributed by atoms with Crippen LogP contribution in [0, 0.1) is 0 Å². The third-order valence-corrected chi connectivity index (χ3v) is 3.15. The molecule has 0 aliphatic carbocycles. The maximum atomic E-state index is 11.8. The molecular formula is C14H22ClN3O2. The second kappa shape index (κ2) is 8.79. The SMILES string of the molecule is COCCN(C)CCCC(=O)Nc1cc(Cl)ccc1N. The predicted molar refractivity (Wildman–Crippen MR) is 83.1 cm³/mol. The number of rotatable bonds is 8. The van der Waals surface area contributed by atoms with Crippen molar-refractivity contribution in [3.05, 3.63) is 23.2 Å².